The van der Waals surface area contributed by atoms with Gasteiger partial charge in [0.1, 0.15) is 0 Å². The predicted molar refractivity (Wildman–Crippen MR) is 35.2 cm³/mol. The lowest BCUT2D eigenvalue weighted by Gasteiger charge is -2.17. The first-order valence-corrected chi connectivity index (χ1v) is 3.35. The molecule has 0 aliphatic carbocycles. The Morgan fingerprint density at radius 1 is 1.56 bits per heavy atom. The second-order valence-corrected chi connectivity index (χ2v) is 3.08. The number of methoxy groups -OCH3 is 1. The molecule has 0 bridgehead atoms. The summed E-state index contributed by atoms with van der Waals surface area (Å²) in [5.74, 6) is 0. The number of hydrogen-bond donors (Lipinski definition) is 0. The largest absolute Gasteiger partial charge is 0.356 e. The van der Waals surface area contributed by atoms with Gasteiger partial charge in [-0.3, -0.25) is 0 Å². The molecule has 0 N–H and O–H groups in total. The van der Waals surface area contributed by atoms with E-state index in [1.54, 1.807) is 7.11 Å². The first kappa shape index (κ1) is 7.03. The molecule has 0 radical (unpaired) electrons. The molecular weight excluding hydrogens is 116 g/mol. The summed E-state index contributed by atoms with van der Waals surface area (Å²) in [4.78, 5) is 0. The topological polar surface area (TPSA) is 18.5 Å². The zero-order valence-electron chi connectivity index (χ0n) is 6.31. The van der Waals surface area contributed by atoms with Crippen molar-refractivity contribution in [2.75, 3.05) is 7.11 Å². The minimum Gasteiger partial charge on any atom is -0.356 e. The summed E-state index contributed by atoms with van der Waals surface area (Å²) in [5, 5.41) is 0. The molecule has 9 heavy (non-hydrogen) atoms. The summed E-state index contributed by atoms with van der Waals surface area (Å²) in [6.45, 7) is 4.18. The van der Waals surface area contributed by atoms with Crippen LogP contribution in [0.2, 0.25) is 0 Å². The number of hydrogen-bond acceptors (Lipinski definition) is 2. The average Bonchev–Trinajstić information content (AvgIpc) is 2.10. The lowest BCUT2D eigenvalue weighted by molar-refractivity contribution is -0.142. The van der Waals surface area contributed by atoms with E-state index >= 15 is 0 Å². The number of rotatable bonds is 1. The van der Waals surface area contributed by atoms with Crippen molar-refractivity contribution in [3.05, 3.63) is 0 Å². The van der Waals surface area contributed by atoms with Crippen LogP contribution in [0.5, 0.6) is 0 Å². The van der Waals surface area contributed by atoms with E-state index in [-0.39, 0.29) is 11.9 Å². The Hall–Kier alpha value is -0.0800. The maximum absolute atomic E-state index is 5.48. The van der Waals surface area contributed by atoms with Crippen LogP contribution in [0.25, 0.3) is 0 Å². The fourth-order valence-corrected chi connectivity index (χ4v) is 1.11. The van der Waals surface area contributed by atoms with Crippen LogP contribution in [0, 0.1) is 0 Å². The van der Waals surface area contributed by atoms with E-state index < -0.39 is 0 Å². The van der Waals surface area contributed by atoms with E-state index in [2.05, 4.69) is 13.8 Å². The zero-order valence-corrected chi connectivity index (χ0v) is 6.31. The van der Waals surface area contributed by atoms with E-state index in [0.29, 0.717) is 0 Å². The van der Waals surface area contributed by atoms with Crippen molar-refractivity contribution in [3.8, 4) is 0 Å². The Kier molecular flexibility index (Phi) is 1.78. The maximum atomic E-state index is 5.48. The standard InChI is InChI=1S/C7H14O2/c1-7(2)5-4-6(8-3)9-7/h6H,4-5H2,1-3H3. The van der Waals surface area contributed by atoms with Gasteiger partial charge in [-0.15, -0.1) is 0 Å². The first-order chi connectivity index (χ1) is 4.14. The molecule has 54 valence electrons. The Morgan fingerprint density at radius 2 is 2.22 bits per heavy atom. The Morgan fingerprint density at radius 3 is 2.44 bits per heavy atom. The van der Waals surface area contributed by atoms with Crippen LogP contribution in [0.3, 0.4) is 0 Å². The maximum Gasteiger partial charge on any atom is 0.158 e. The van der Waals surface area contributed by atoms with Gasteiger partial charge in [-0.25, -0.2) is 0 Å². The van der Waals surface area contributed by atoms with Crippen LogP contribution in [-0.4, -0.2) is 19.0 Å². The Balaban J connectivity index is 2.38. The highest BCUT2D eigenvalue weighted by molar-refractivity contribution is 4.76. The fourth-order valence-electron chi connectivity index (χ4n) is 1.11. The van der Waals surface area contributed by atoms with E-state index in [1.165, 1.54) is 0 Å². The molecule has 1 aliphatic rings. The number of ether oxygens (including phenoxy) is 2. The van der Waals surface area contributed by atoms with Gasteiger partial charge in [0.25, 0.3) is 0 Å². The van der Waals surface area contributed by atoms with E-state index in [0.717, 1.165) is 12.8 Å². The minimum absolute atomic E-state index is 0.0417. The highest BCUT2D eigenvalue weighted by Crippen LogP contribution is 2.29. The van der Waals surface area contributed by atoms with E-state index in [9.17, 15) is 0 Å². The second-order valence-electron chi connectivity index (χ2n) is 3.08. The van der Waals surface area contributed by atoms with Gasteiger partial charge < -0.3 is 9.47 Å². The molecule has 1 rings (SSSR count). The lowest BCUT2D eigenvalue weighted by Crippen LogP contribution is -2.20. The molecule has 1 fully saturated rings. The molecule has 0 spiro atoms. The van der Waals surface area contributed by atoms with Crippen LogP contribution in [0.4, 0.5) is 0 Å². The van der Waals surface area contributed by atoms with Crippen LogP contribution in [-0.2, 0) is 9.47 Å². The molecular formula is C7H14O2. The summed E-state index contributed by atoms with van der Waals surface area (Å²) >= 11 is 0. The van der Waals surface area contributed by atoms with Gasteiger partial charge in [0.2, 0.25) is 0 Å². The third kappa shape index (κ3) is 1.66. The highest BCUT2D eigenvalue weighted by atomic mass is 16.7. The molecule has 1 atom stereocenters. The van der Waals surface area contributed by atoms with Crippen LogP contribution >= 0.6 is 0 Å². The van der Waals surface area contributed by atoms with Gasteiger partial charge in [-0.05, 0) is 20.3 Å². The zero-order chi connectivity index (χ0) is 6.91. The molecule has 1 saturated heterocycles. The Bertz CT molecular complexity index is 99.1. The summed E-state index contributed by atoms with van der Waals surface area (Å²) < 4.78 is 10.5. The summed E-state index contributed by atoms with van der Waals surface area (Å²) in [6, 6.07) is 0. The molecule has 2 nitrogen and oxygen atoms in total. The molecule has 0 amide bonds. The van der Waals surface area contributed by atoms with Gasteiger partial charge in [-0.2, -0.15) is 0 Å². The molecule has 2 heteroatoms. The summed E-state index contributed by atoms with van der Waals surface area (Å²) in [6.07, 6.45) is 2.18. The van der Waals surface area contributed by atoms with Crippen LogP contribution < -0.4 is 0 Å². The van der Waals surface area contributed by atoms with Crippen molar-refractivity contribution in [1.29, 1.82) is 0 Å². The quantitative estimate of drug-likeness (QED) is 0.536. The van der Waals surface area contributed by atoms with Crippen molar-refractivity contribution < 1.29 is 9.47 Å². The second kappa shape index (κ2) is 2.27. The third-order valence-corrected chi connectivity index (χ3v) is 1.70. The van der Waals surface area contributed by atoms with E-state index in [1.807, 2.05) is 0 Å². The first-order valence-electron chi connectivity index (χ1n) is 3.35. The average molecular weight is 130 g/mol. The predicted octanol–water partition coefficient (Wildman–Crippen LogP) is 1.55. The monoisotopic (exact) mass is 130 g/mol. The van der Waals surface area contributed by atoms with Gasteiger partial charge in [0.15, 0.2) is 6.29 Å². The van der Waals surface area contributed by atoms with Crippen molar-refractivity contribution >= 4 is 0 Å². The molecule has 1 aliphatic heterocycles. The van der Waals surface area contributed by atoms with Crippen molar-refractivity contribution in [2.45, 2.75) is 38.6 Å². The minimum atomic E-state index is 0.0417. The summed E-state index contributed by atoms with van der Waals surface area (Å²) in [5.41, 5.74) is 0.0423. The molecule has 0 aromatic heterocycles. The normalized spacial score (nSPS) is 33.0. The van der Waals surface area contributed by atoms with Gasteiger partial charge in [-0.1, -0.05) is 0 Å². The molecule has 0 aromatic rings. The summed E-state index contributed by atoms with van der Waals surface area (Å²) in [7, 11) is 1.69. The SMILES string of the molecule is COC1CCC(C)(C)O1. The lowest BCUT2D eigenvalue weighted by atomic mass is 10.1. The van der Waals surface area contributed by atoms with Gasteiger partial charge >= 0.3 is 0 Å². The fraction of sp³-hybridized carbons (Fsp3) is 1.00. The smallest absolute Gasteiger partial charge is 0.158 e. The molecule has 1 unspecified atom stereocenters. The van der Waals surface area contributed by atoms with Crippen LogP contribution in [0.15, 0.2) is 0 Å². The van der Waals surface area contributed by atoms with Crippen LogP contribution in [0.1, 0.15) is 26.7 Å². The van der Waals surface area contributed by atoms with Gasteiger partial charge in [0.05, 0.1) is 5.60 Å². The van der Waals surface area contributed by atoms with E-state index in [4.69, 9.17) is 9.47 Å². The van der Waals surface area contributed by atoms with Crippen molar-refractivity contribution in [3.63, 3.8) is 0 Å². The highest BCUT2D eigenvalue weighted by Gasteiger charge is 2.31. The van der Waals surface area contributed by atoms with Crippen molar-refractivity contribution in [2.24, 2.45) is 0 Å². The van der Waals surface area contributed by atoms with Gasteiger partial charge in [0, 0.05) is 13.5 Å². The van der Waals surface area contributed by atoms with Crippen molar-refractivity contribution in [1.82, 2.24) is 0 Å². The molecule has 1 heterocycles. The molecule has 0 aromatic carbocycles. The Labute approximate surface area is 56.2 Å². The third-order valence-electron chi connectivity index (χ3n) is 1.70. The molecule has 0 saturated carbocycles.